The van der Waals surface area contributed by atoms with Crippen LogP contribution >= 0.6 is 0 Å². The van der Waals surface area contributed by atoms with E-state index < -0.39 is 0 Å². The number of phenolic OH excluding ortho intramolecular Hbond substituents is 2. The Bertz CT molecular complexity index is 585. The predicted molar refractivity (Wildman–Crippen MR) is 94.1 cm³/mol. The monoisotopic (exact) mass is 318 g/mol. The first-order chi connectivity index (χ1) is 10.9. The highest BCUT2D eigenvalue weighted by Crippen LogP contribution is 2.50. The molecule has 1 aliphatic carbocycles. The molecule has 1 aliphatic rings. The molecule has 0 aliphatic heterocycles. The number of aryl methyl sites for hydroxylation is 1. The molecule has 3 N–H and O–H groups in total. The third-order valence-corrected chi connectivity index (χ3v) is 5.23. The maximum atomic E-state index is 10.4. The Morgan fingerprint density at radius 1 is 1.26 bits per heavy atom. The zero-order valence-corrected chi connectivity index (χ0v) is 14.8. The summed E-state index contributed by atoms with van der Waals surface area (Å²) in [5.41, 5.74) is 4.01. The maximum Gasteiger partial charge on any atom is 0.161 e. The van der Waals surface area contributed by atoms with Crippen molar-refractivity contribution in [2.75, 3.05) is 6.61 Å². The minimum Gasteiger partial charge on any atom is -0.504 e. The van der Waals surface area contributed by atoms with Crippen LogP contribution in [0.4, 0.5) is 0 Å². The predicted octanol–water partition coefficient (Wildman–Crippen LogP) is 4.74. The summed E-state index contributed by atoms with van der Waals surface area (Å²) in [5.74, 6) is 0.728. The van der Waals surface area contributed by atoms with Crippen molar-refractivity contribution < 1.29 is 15.3 Å². The number of allylic oxidation sites excluding steroid dienone is 2. The molecule has 23 heavy (non-hydrogen) atoms. The number of hydrogen-bond acceptors (Lipinski definition) is 3. The molecule has 0 spiro atoms. The van der Waals surface area contributed by atoms with Gasteiger partial charge in [-0.25, -0.2) is 0 Å². The Kier molecular flexibility index (Phi) is 5.74. The largest absolute Gasteiger partial charge is 0.504 e. The van der Waals surface area contributed by atoms with Crippen LogP contribution in [0.2, 0.25) is 0 Å². The van der Waals surface area contributed by atoms with Gasteiger partial charge in [-0.05, 0) is 75.3 Å². The molecular formula is C20H30O3. The van der Waals surface area contributed by atoms with E-state index in [2.05, 4.69) is 26.8 Å². The molecule has 0 heterocycles. The van der Waals surface area contributed by atoms with Gasteiger partial charge in [0.1, 0.15) is 0 Å². The highest BCUT2D eigenvalue weighted by atomic mass is 16.3. The van der Waals surface area contributed by atoms with Crippen molar-refractivity contribution in [3.63, 3.8) is 0 Å². The molecule has 3 heteroatoms. The lowest BCUT2D eigenvalue weighted by atomic mass is 9.70. The molecule has 0 saturated carbocycles. The quantitative estimate of drug-likeness (QED) is 0.543. The first-order valence-corrected chi connectivity index (χ1v) is 8.66. The Balaban J connectivity index is 2.35. The summed E-state index contributed by atoms with van der Waals surface area (Å²) >= 11 is 0. The van der Waals surface area contributed by atoms with Gasteiger partial charge in [0.2, 0.25) is 0 Å². The van der Waals surface area contributed by atoms with E-state index >= 15 is 0 Å². The van der Waals surface area contributed by atoms with E-state index in [4.69, 9.17) is 0 Å². The third-order valence-electron chi connectivity index (χ3n) is 5.23. The smallest absolute Gasteiger partial charge is 0.161 e. The van der Waals surface area contributed by atoms with Crippen molar-refractivity contribution in [3.8, 4) is 11.5 Å². The molecular weight excluding hydrogens is 288 g/mol. The summed E-state index contributed by atoms with van der Waals surface area (Å²) in [4.78, 5) is 0. The zero-order valence-electron chi connectivity index (χ0n) is 14.8. The fourth-order valence-corrected chi connectivity index (χ4v) is 3.88. The van der Waals surface area contributed by atoms with Crippen molar-refractivity contribution in [1.29, 1.82) is 0 Å². The molecule has 0 amide bonds. The number of hydrogen-bond donors (Lipinski definition) is 3. The number of benzene rings is 1. The van der Waals surface area contributed by atoms with E-state index in [1.807, 2.05) is 13.0 Å². The van der Waals surface area contributed by atoms with Crippen LogP contribution < -0.4 is 0 Å². The molecule has 3 nitrogen and oxygen atoms in total. The number of phenols is 2. The number of aliphatic hydroxyl groups excluding tert-OH is 1. The van der Waals surface area contributed by atoms with Gasteiger partial charge in [-0.1, -0.05) is 24.6 Å². The van der Waals surface area contributed by atoms with E-state index in [1.165, 1.54) is 5.57 Å². The zero-order chi connectivity index (χ0) is 17.1. The SMILES string of the molecule is CC(C)=CCC[C@H](CO)C1CC[C@@H](C)c2c1cc(C)c(O)c2O. The second-order valence-corrected chi connectivity index (χ2v) is 7.28. The molecule has 1 aromatic carbocycles. The van der Waals surface area contributed by atoms with E-state index in [9.17, 15) is 15.3 Å². The average Bonchev–Trinajstić information content (AvgIpc) is 2.50. The number of rotatable bonds is 5. The summed E-state index contributed by atoms with van der Waals surface area (Å²) in [7, 11) is 0. The minimum atomic E-state index is 0.00124. The van der Waals surface area contributed by atoms with Gasteiger partial charge < -0.3 is 15.3 Å². The van der Waals surface area contributed by atoms with Gasteiger partial charge in [0, 0.05) is 12.2 Å². The molecule has 3 atom stereocenters. The fourth-order valence-electron chi connectivity index (χ4n) is 3.88. The van der Waals surface area contributed by atoms with E-state index in [1.54, 1.807) is 0 Å². The van der Waals surface area contributed by atoms with Gasteiger partial charge in [-0.2, -0.15) is 0 Å². The standard InChI is InChI=1S/C20H30O3/c1-12(2)6-5-7-15(11-21)16-9-8-13(3)18-17(16)10-14(4)19(22)20(18)23/h6,10,13,15-16,21-23H,5,7-9,11H2,1-4H3/t13-,15-,16?/m1/s1. The summed E-state index contributed by atoms with van der Waals surface area (Å²) in [5, 5.41) is 30.3. The molecule has 128 valence electrons. The van der Waals surface area contributed by atoms with Gasteiger partial charge in [-0.3, -0.25) is 0 Å². The third kappa shape index (κ3) is 3.72. The fraction of sp³-hybridized carbons (Fsp3) is 0.600. The molecule has 1 unspecified atom stereocenters. The number of aromatic hydroxyl groups is 2. The number of fused-ring (bicyclic) bond motifs is 1. The van der Waals surface area contributed by atoms with Crippen LogP contribution in [0.3, 0.4) is 0 Å². The van der Waals surface area contributed by atoms with Crippen LogP contribution in [0.5, 0.6) is 11.5 Å². The van der Waals surface area contributed by atoms with Gasteiger partial charge in [0.15, 0.2) is 11.5 Å². The maximum absolute atomic E-state index is 10.4. The Hall–Kier alpha value is -1.48. The van der Waals surface area contributed by atoms with Crippen LogP contribution in [0.15, 0.2) is 17.7 Å². The van der Waals surface area contributed by atoms with E-state index in [0.29, 0.717) is 5.56 Å². The Morgan fingerprint density at radius 3 is 2.57 bits per heavy atom. The van der Waals surface area contributed by atoms with Gasteiger partial charge >= 0.3 is 0 Å². The molecule has 0 saturated heterocycles. The van der Waals surface area contributed by atoms with Crippen LogP contribution in [-0.4, -0.2) is 21.9 Å². The average molecular weight is 318 g/mol. The topological polar surface area (TPSA) is 60.7 Å². The lowest BCUT2D eigenvalue weighted by molar-refractivity contribution is 0.185. The van der Waals surface area contributed by atoms with Crippen molar-refractivity contribution >= 4 is 0 Å². The molecule has 0 fully saturated rings. The first-order valence-electron chi connectivity index (χ1n) is 8.66. The highest BCUT2D eigenvalue weighted by molar-refractivity contribution is 5.56. The summed E-state index contributed by atoms with van der Waals surface area (Å²) in [6, 6.07) is 2.01. The second kappa shape index (κ2) is 7.39. The van der Waals surface area contributed by atoms with Crippen molar-refractivity contribution in [1.82, 2.24) is 0 Å². The Morgan fingerprint density at radius 2 is 1.96 bits per heavy atom. The molecule has 0 bridgehead atoms. The van der Waals surface area contributed by atoms with E-state index in [0.717, 1.165) is 36.8 Å². The van der Waals surface area contributed by atoms with Crippen molar-refractivity contribution in [2.45, 2.75) is 65.2 Å². The Labute approximate surface area is 139 Å². The van der Waals surface area contributed by atoms with Gasteiger partial charge in [0.25, 0.3) is 0 Å². The van der Waals surface area contributed by atoms with E-state index in [-0.39, 0.29) is 35.9 Å². The first kappa shape index (κ1) is 17.9. The summed E-state index contributed by atoms with van der Waals surface area (Å²) < 4.78 is 0. The van der Waals surface area contributed by atoms with Gasteiger partial charge in [0.05, 0.1) is 0 Å². The number of aliphatic hydroxyl groups is 1. The van der Waals surface area contributed by atoms with Crippen LogP contribution in [0.1, 0.15) is 75.0 Å². The van der Waals surface area contributed by atoms with Crippen LogP contribution in [0, 0.1) is 12.8 Å². The minimum absolute atomic E-state index is 0.00124. The molecule has 1 aromatic rings. The lowest BCUT2D eigenvalue weighted by Crippen LogP contribution is -2.23. The van der Waals surface area contributed by atoms with Crippen molar-refractivity contribution in [2.24, 2.45) is 5.92 Å². The second-order valence-electron chi connectivity index (χ2n) is 7.28. The van der Waals surface area contributed by atoms with Crippen molar-refractivity contribution in [3.05, 3.63) is 34.4 Å². The molecule has 0 aromatic heterocycles. The van der Waals surface area contributed by atoms with Crippen LogP contribution in [-0.2, 0) is 0 Å². The lowest BCUT2D eigenvalue weighted by Gasteiger charge is -2.35. The summed E-state index contributed by atoms with van der Waals surface area (Å²) in [6.45, 7) is 8.27. The normalized spacial score (nSPS) is 21.6. The molecule has 0 radical (unpaired) electrons. The van der Waals surface area contributed by atoms with Crippen LogP contribution in [0.25, 0.3) is 0 Å². The molecule has 2 rings (SSSR count). The summed E-state index contributed by atoms with van der Waals surface area (Å²) in [6.07, 6.45) is 6.14. The van der Waals surface area contributed by atoms with Gasteiger partial charge in [-0.15, -0.1) is 0 Å². The highest BCUT2D eigenvalue weighted by Gasteiger charge is 2.33.